The predicted molar refractivity (Wildman–Crippen MR) is 78.6 cm³/mol. The van der Waals surface area contributed by atoms with Crippen LogP contribution in [-0.2, 0) is 0 Å². The van der Waals surface area contributed by atoms with Crippen molar-refractivity contribution in [2.45, 2.75) is 6.42 Å². The molecule has 1 heterocycles. The largest absolute Gasteiger partial charge is 0.493 e. The molecule has 0 spiro atoms. The standard InChI is InChI=1S/C14H12Cl2N2O2/c15-4-1-5-19-11-2-3-12-13(6-11)18-8-10(7-17)14(12)20-9-16/h2-3,6,8H,1,4-5,9H2. The van der Waals surface area contributed by atoms with Gasteiger partial charge >= 0.3 is 0 Å². The third-order valence-corrected chi connectivity index (χ3v) is 3.03. The number of hydrogen-bond acceptors (Lipinski definition) is 4. The smallest absolute Gasteiger partial charge is 0.162 e. The lowest BCUT2D eigenvalue weighted by molar-refractivity contribution is 0.318. The van der Waals surface area contributed by atoms with Crippen LogP contribution in [0.15, 0.2) is 24.4 Å². The Morgan fingerprint density at radius 2 is 2.10 bits per heavy atom. The van der Waals surface area contributed by atoms with E-state index in [0.29, 0.717) is 35.1 Å². The number of pyridine rings is 1. The van der Waals surface area contributed by atoms with Crippen LogP contribution < -0.4 is 9.47 Å². The summed E-state index contributed by atoms with van der Waals surface area (Å²) in [6.45, 7) is 0.552. The van der Waals surface area contributed by atoms with E-state index in [1.807, 2.05) is 6.07 Å². The number of alkyl halides is 2. The van der Waals surface area contributed by atoms with Gasteiger partial charge in [-0.2, -0.15) is 5.26 Å². The molecule has 4 nitrogen and oxygen atoms in total. The molecule has 2 aromatic rings. The van der Waals surface area contributed by atoms with Gasteiger partial charge in [0.1, 0.15) is 23.1 Å². The van der Waals surface area contributed by atoms with E-state index in [1.54, 1.807) is 18.2 Å². The second-order valence-corrected chi connectivity index (χ2v) is 4.53. The number of ether oxygens (including phenoxy) is 2. The second kappa shape index (κ2) is 7.18. The monoisotopic (exact) mass is 310 g/mol. The maximum Gasteiger partial charge on any atom is 0.162 e. The Morgan fingerprint density at radius 3 is 2.80 bits per heavy atom. The van der Waals surface area contributed by atoms with Gasteiger partial charge < -0.3 is 9.47 Å². The van der Waals surface area contributed by atoms with Crippen LogP contribution in [0.3, 0.4) is 0 Å². The van der Waals surface area contributed by atoms with Crippen molar-refractivity contribution in [1.82, 2.24) is 4.98 Å². The fourth-order valence-electron chi connectivity index (χ4n) is 1.77. The molecule has 104 valence electrons. The van der Waals surface area contributed by atoms with E-state index in [0.717, 1.165) is 11.8 Å². The van der Waals surface area contributed by atoms with Crippen LogP contribution in [0.1, 0.15) is 12.0 Å². The third kappa shape index (κ3) is 3.24. The Bertz CT molecular complexity index is 641. The molecule has 0 saturated heterocycles. The minimum Gasteiger partial charge on any atom is -0.493 e. The van der Waals surface area contributed by atoms with Crippen molar-refractivity contribution in [3.63, 3.8) is 0 Å². The van der Waals surface area contributed by atoms with Gasteiger partial charge in [0.05, 0.1) is 12.1 Å². The summed E-state index contributed by atoms with van der Waals surface area (Å²) in [5, 5.41) is 9.78. The number of fused-ring (bicyclic) bond motifs is 1. The lowest BCUT2D eigenvalue weighted by Crippen LogP contribution is -1.99. The van der Waals surface area contributed by atoms with E-state index < -0.39 is 0 Å². The molecular weight excluding hydrogens is 299 g/mol. The molecule has 0 atom stereocenters. The van der Waals surface area contributed by atoms with E-state index in [-0.39, 0.29) is 6.07 Å². The highest BCUT2D eigenvalue weighted by molar-refractivity contribution is 6.17. The van der Waals surface area contributed by atoms with E-state index >= 15 is 0 Å². The minimum absolute atomic E-state index is 0.0260. The van der Waals surface area contributed by atoms with Crippen LogP contribution in [0.2, 0.25) is 0 Å². The fraction of sp³-hybridized carbons (Fsp3) is 0.286. The van der Waals surface area contributed by atoms with E-state index in [2.05, 4.69) is 4.98 Å². The zero-order chi connectivity index (χ0) is 14.4. The minimum atomic E-state index is -0.0260. The van der Waals surface area contributed by atoms with Crippen molar-refractivity contribution in [2.24, 2.45) is 0 Å². The highest BCUT2D eigenvalue weighted by Gasteiger charge is 2.10. The average molecular weight is 311 g/mol. The van der Waals surface area contributed by atoms with Crippen molar-refractivity contribution in [1.29, 1.82) is 5.26 Å². The van der Waals surface area contributed by atoms with Crippen molar-refractivity contribution in [3.05, 3.63) is 30.0 Å². The first-order valence-corrected chi connectivity index (χ1v) is 7.07. The third-order valence-electron chi connectivity index (χ3n) is 2.66. The first-order valence-electron chi connectivity index (χ1n) is 6.00. The molecule has 6 heteroatoms. The maximum absolute atomic E-state index is 9.05. The first-order chi connectivity index (χ1) is 9.80. The predicted octanol–water partition coefficient (Wildman–Crippen LogP) is 3.69. The highest BCUT2D eigenvalue weighted by Crippen LogP contribution is 2.30. The van der Waals surface area contributed by atoms with Crippen molar-refractivity contribution in [2.75, 3.05) is 18.6 Å². The van der Waals surface area contributed by atoms with E-state index in [1.165, 1.54) is 6.20 Å². The number of aromatic nitrogens is 1. The molecule has 0 aliphatic heterocycles. The number of nitrogens with zero attached hydrogens (tertiary/aromatic N) is 2. The molecule has 0 unspecified atom stereocenters. The summed E-state index contributed by atoms with van der Waals surface area (Å²) < 4.78 is 10.9. The lowest BCUT2D eigenvalue weighted by Gasteiger charge is -2.10. The molecule has 20 heavy (non-hydrogen) atoms. The molecule has 0 fully saturated rings. The van der Waals surface area contributed by atoms with Crippen LogP contribution >= 0.6 is 23.2 Å². The van der Waals surface area contributed by atoms with Crippen molar-refractivity contribution < 1.29 is 9.47 Å². The zero-order valence-corrected chi connectivity index (χ0v) is 12.1. The number of halogens is 2. The Balaban J connectivity index is 2.37. The summed E-state index contributed by atoms with van der Waals surface area (Å²) in [4.78, 5) is 4.23. The van der Waals surface area contributed by atoms with E-state index in [4.69, 9.17) is 37.9 Å². The maximum atomic E-state index is 9.05. The molecule has 1 aromatic heterocycles. The molecule has 0 amide bonds. The summed E-state index contributed by atoms with van der Waals surface area (Å²) in [6, 6.07) is 7.42. The van der Waals surface area contributed by atoms with Gasteiger partial charge in [0.25, 0.3) is 0 Å². The van der Waals surface area contributed by atoms with Crippen molar-refractivity contribution >= 4 is 34.1 Å². The van der Waals surface area contributed by atoms with Crippen LogP contribution in [0.4, 0.5) is 0 Å². The molecular formula is C14H12Cl2N2O2. The molecule has 1 aromatic carbocycles. The Hall–Kier alpha value is -1.70. The highest BCUT2D eigenvalue weighted by atomic mass is 35.5. The summed E-state index contributed by atoms with van der Waals surface area (Å²) in [5.41, 5.74) is 1.04. The van der Waals surface area contributed by atoms with Crippen LogP contribution in [-0.4, -0.2) is 23.5 Å². The van der Waals surface area contributed by atoms with Crippen LogP contribution in [0.5, 0.6) is 11.5 Å². The van der Waals surface area contributed by atoms with Crippen molar-refractivity contribution in [3.8, 4) is 17.6 Å². The van der Waals surface area contributed by atoms with Crippen LogP contribution in [0, 0.1) is 11.3 Å². The van der Waals surface area contributed by atoms with Gasteiger partial charge in [-0.15, -0.1) is 11.6 Å². The number of benzene rings is 1. The molecule has 0 N–H and O–H groups in total. The molecule has 0 aliphatic carbocycles. The molecule has 0 aliphatic rings. The second-order valence-electron chi connectivity index (χ2n) is 3.94. The molecule has 0 radical (unpaired) electrons. The summed E-state index contributed by atoms with van der Waals surface area (Å²) in [7, 11) is 0. The van der Waals surface area contributed by atoms with E-state index in [9.17, 15) is 0 Å². The van der Waals surface area contributed by atoms with Gasteiger partial charge in [-0.05, 0) is 18.6 Å². The fourth-order valence-corrected chi connectivity index (χ4v) is 1.99. The Morgan fingerprint density at radius 1 is 1.25 bits per heavy atom. The van der Waals surface area contributed by atoms with Gasteiger partial charge in [-0.1, -0.05) is 11.6 Å². The van der Waals surface area contributed by atoms with Crippen LogP contribution in [0.25, 0.3) is 10.9 Å². The number of nitriles is 1. The van der Waals surface area contributed by atoms with Gasteiger partial charge in [0, 0.05) is 23.5 Å². The van der Waals surface area contributed by atoms with Gasteiger partial charge in [0.15, 0.2) is 6.07 Å². The number of hydrogen-bond donors (Lipinski definition) is 0. The summed E-state index contributed by atoms with van der Waals surface area (Å²) >= 11 is 11.2. The Kier molecular flexibility index (Phi) is 5.28. The molecule has 0 saturated carbocycles. The summed E-state index contributed by atoms with van der Waals surface area (Å²) in [6.07, 6.45) is 2.24. The Labute approximate surface area is 126 Å². The number of rotatable bonds is 6. The molecule has 0 bridgehead atoms. The zero-order valence-electron chi connectivity index (χ0n) is 10.6. The SMILES string of the molecule is N#Cc1cnc2cc(OCCCCl)ccc2c1OCCl. The molecule has 2 rings (SSSR count). The normalized spacial score (nSPS) is 10.2. The quantitative estimate of drug-likeness (QED) is 0.603. The lowest BCUT2D eigenvalue weighted by atomic mass is 10.1. The summed E-state index contributed by atoms with van der Waals surface area (Å²) in [5.74, 6) is 1.71. The topological polar surface area (TPSA) is 55.1 Å². The first kappa shape index (κ1) is 14.7. The average Bonchev–Trinajstić information content (AvgIpc) is 2.48. The van der Waals surface area contributed by atoms with Gasteiger partial charge in [-0.25, -0.2) is 0 Å². The van der Waals surface area contributed by atoms with Gasteiger partial charge in [0.2, 0.25) is 0 Å². The van der Waals surface area contributed by atoms with Gasteiger partial charge in [-0.3, -0.25) is 4.98 Å².